The van der Waals surface area contributed by atoms with Crippen LogP contribution in [0.25, 0.3) is 34.5 Å². The third kappa shape index (κ3) is 6.23. The van der Waals surface area contributed by atoms with Crippen LogP contribution in [-0.4, -0.2) is 27.7 Å². The van der Waals surface area contributed by atoms with Crippen molar-refractivity contribution in [2.75, 3.05) is 7.11 Å². The van der Waals surface area contributed by atoms with Crippen molar-refractivity contribution in [2.45, 2.75) is 6.54 Å². The van der Waals surface area contributed by atoms with Crippen LogP contribution in [0.3, 0.4) is 0 Å². The molecule has 0 saturated heterocycles. The van der Waals surface area contributed by atoms with Crippen LogP contribution in [0.2, 0.25) is 10.0 Å². The molecule has 0 unspecified atom stereocenters. The van der Waals surface area contributed by atoms with E-state index in [9.17, 15) is 9.90 Å². The molecule has 0 radical (unpaired) electrons. The van der Waals surface area contributed by atoms with E-state index in [0.29, 0.717) is 22.2 Å². The second kappa shape index (κ2) is 11.6. The zero-order valence-electron chi connectivity index (χ0n) is 21.0. The summed E-state index contributed by atoms with van der Waals surface area (Å²) >= 11 is 12.6. The van der Waals surface area contributed by atoms with Gasteiger partial charge < -0.3 is 14.4 Å². The van der Waals surface area contributed by atoms with E-state index in [-0.39, 0.29) is 11.7 Å². The molecule has 5 rings (SSSR count). The van der Waals surface area contributed by atoms with Gasteiger partial charge in [-0.3, -0.25) is 0 Å². The van der Waals surface area contributed by atoms with Crippen molar-refractivity contribution in [3.05, 3.63) is 130 Å². The van der Waals surface area contributed by atoms with Gasteiger partial charge in [0.2, 0.25) is 0 Å². The molecular weight excluding hydrogens is 531 g/mol. The minimum absolute atomic E-state index is 0.243. The quantitative estimate of drug-likeness (QED) is 0.206. The number of phenols is 1. The molecular formula is C32H24Cl2N2O3. The Morgan fingerprint density at radius 2 is 1.56 bits per heavy atom. The average molecular weight is 555 g/mol. The fourth-order valence-electron chi connectivity index (χ4n) is 4.19. The van der Waals surface area contributed by atoms with Crippen molar-refractivity contribution in [1.29, 1.82) is 0 Å². The number of carbonyl (C=O) groups is 1. The molecule has 0 amide bonds. The minimum Gasteiger partial charge on any atom is -0.508 e. The van der Waals surface area contributed by atoms with E-state index in [1.54, 1.807) is 36.4 Å². The number of aromatic hydroxyl groups is 1. The highest BCUT2D eigenvalue weighted by Crippen LogP contribution is 2.30. The maximum atomic E-state index is 11.8. The molecule has 4 aromatic carbocycles. The minimum atomic E-state index is -0.371. The van der Waals surface area contributed by atoms with Crippen molar-refractivity contribution in [3.63, 3.8) is 0 Å². The van der Waals surface area contributed by atoms with Crippen LogP contribution in [0.5, 0.6) is 5.75 Å². The lowest BCUT2D eigenvalue weighted by Gasteiger charge is -2.07. The van der Waals surface area contributed by atoms with Crippen molar-refractivity contribution in [3.8, 4) is 28.1 Å². The largest absolute Gasteiger partial charge is 0.508 e. The van der Waals surface area contributed by atoms with Crippen molar-refractivity contribution in [2.24, 2.45) is 0 Å². The van der Waals surface area contributed by atoms with E-state index < -0.39 is 0 Å². The van der Waals surface area contributed by atoms with Gasteiger partial charge in [0.25, 0.3) is 0 Å². The van der Waals surface area contributed by atoms with E-state index in [1.807, 2.05) is 77.5 Å². The van der Waals surface area contributed by atoms with Gasteiger partial charge >= 0.3 is 5.97 Å². The Kier molecular flexibility index (Phi) is 7.82. The molecule has 0 saturated carbocycles. The van der Waals surface area contributed by atoms with Crippen LogP contribution < -0.4 is 0 Å². The van der Waals surface area contributed by atoms with Crippen molar-refractivity contribution >= 4 is 41.3 Å². The number of aromatic nitrogens is 2. The normalized spacial score (nSPS) is 11.2. The molecule has 0 bridgehead atoms. The Balaban J connectivity index is 1.44. The fourth-order valence-corrected chi connectivity index (χ4v) is 4.69. The molecule has 39 heavy (non-hydrogen) atoms. The maximum Gasteiger partial charge on any atom is 0.337 e. The van der Waals surface area contributed by atoms with Gasteiger partial charge in [-0.15, -0.1) is 0 Å². The van der Waals surface area contributed by atoms with Gasteiger partial charge in [-0.25, -0.2) is 9.78 Å². The molecule has 0 atom stereocenters. The molecule has 7 heteroatoms. The molecule has 0 aliphatic carbocycles. The summed E-state index contributed by atoms with van der Waals surface area (Å²) in [4.78, 5) is 16.7. The molecule has 5 nitrogen and oxygen atoms in total. The fraction of sp³-hybridized carbons (Fsp3) is 0.0625. The number of methoxy groups -OCH3 is 1. The Labute approximate surface area is 236 Å². The lowest BCUT2D eigenvalue weighted by molar-refractivity contribution is 0.0600. The van der Waals surface area contributed by atoms with Crippen LogP contribution in [0, 0.1) is 0 Å². The SMILES string of the molecule is COC(=O)c1ccc(Cn2cc(-c3ccc(Cl)cc3Cl)nc2C=Cc2ccc(-c3ccc(O)cc3)cc2)cc1. The number of hydrogen-bond donors (Lipinski definition) is 1. The Bertz CT molecular complexity index is 1640. The van der Waals surface area contributed by atoms with Crippen LogP contribution in [0.4, 0.5) is 0 Å². The first kappa shape index (κ1) is 26.3. The molecule has 1 heterocycles. The molecule has 0 spiro atoms. The Hall–Kier alpha value is -4.32. The number of hydrogen-bond acceptors (Lipinski definition) is 4. The Morgan fingerprint density at radius 1 is 0.897 bits per heavy atom. The van der Waals surface area contributed by atoms with Crippen LogP contribution >= 0.6 is 23.2 Å². The van der Waals surface area contributed by atoms with Crippen molar-refractivity contribution < 1.29 is 14.6 Å². The van der Waals surface area contributed by atoms with Crippen LogP contribution in [0.1, 0.15) is 27.3 Å². The predicted octanol–water partition coefficient (Wildman–Crippen LogP) is 8.23. The number of phenolic OH excluding ortho intramolecular Hbond substituents is 1. The third-order valence-corrected chi connectivity index (χ3v) is 6.83. The first-order valence-electron chi connectivity index (χ1n) is 12.2. The Morgan fingerprint density at radius 3 is 2.21 bits per heavy atom. The topological polar surface area (TPSA) is 64.4 Å². The first-order valence-corrected chi connectivity index (χ1v) is 12.9. The lowest BCUT2D eigenvalue weighted by Crippen LogP contribution is -2.03. The predicted molar refractivity (Wildman–Crippen MR) is 157 cm³/mol. The van der Waals surface area contributed by atoms with Gasteiger partial charge in [0.05, 0.1) is 23.4 Å². The highest BCUT2D eigenvalue weighted by atomic mass is 35.5. The van der Waals surface area contributed by atoms with Gasteiger partial charge in [-0.1, -0.05) is 77.8 Å². The van der Waals surface area contributed by atoms with E-state index >= 15 is 0 Å². The number of halogens is 2. The molecule has 0 aliphatic heterocycles. The molecule has 194 valence electrons. The monoisotopic (exact) mass is 554 g/mol. The number of esters is 1. The third-order valence-electron chi connectivity index (χ3n) is 6.28. The first-order chi connectivity index (χ1) is 18.9. The molecule has 5 aromatic rings. The summed E-state index contributed by atoms with van der Waals surface area (Å²) < 4.78 is 6.84. The van der Waals surface area contributed by atoms with E-state index in [1.165, 1.54) is 7.11 Å². The molecule has 1 N–H and O–H groups in total. The summed E-state index contributed by atoms with van der Waals surface area (Å²) in [6.45, 7) is 0.541. The summed E-state index contributed by atoms with van der Waals surface area (Å²) in [5.74, 6) is 0.618. The summed E-state index contributed by atoms with van der Waals surface area (Å²) in [5, 5.41) is 10.6. The van der Waals surface area contributed by atoms with Gasteiger partial charge in [0.15, 0.2) is 0 Å². The number of rotatable bonds is 7. The number of ether oxygens (including phenoxy) is 1. The summed E-state index contributed by atoms with van der Waals surface area (Å²) in [6, 6.07) is 27.9. The average Bonchev–Trinajstić information content (AvgIpc) is 3.34. The van der Waals surface area contributed by atoms with Crippen LogP contribution in [0.15, 0.2) is 97.2 Å². The smallest absolute Gasteiger partial charge is 0.337 e. The number of imidazole rings is 1. The second-order valence-corrected chi connectivity index (χ2v) is 9.77. The lowest BCUT2D eigenvalue weighted by atomic mass is 10.0. The van der Waals surface area contributed by atoms with E-state index in [2.05, 4.69) is 0 Å². The van der Waals surface area contributed by atoms with Gasteiger partial charge in [0, 0.05) is 23.3 Å². The number of nitrogens with zero attached hydrogens (tertiary/aromatic N) is 2. The van der Waals surface area contributed by atoms with E-state index in [4.69, 9.17) is 32.9 Å². The molecule has 1 aromatic heterocycles. The summed E-state index contributed by atoms with van der Waals surface area (Å²) in [6.07, 6.45) is 5.93. The highest BCUT2D eigenvalue weighted by Gasteiger charge is 2.13. The summed E-state index contributed by atoms with van der Waals surface area (Å²) in [5.41, 5.74) is 6.11. The van der Waals surface area contributed by atoms with Gasteiger partial charge in [0.1, 0.15) is 11.6 Å². The molecule has 0 fully saturated rings. The summed E-state index contributed by atoms with van der Waals surface area (Å²) in [7, 11) is 1.37. The van der Waals surface area contributed by atoms with E-state index in [0.717, 1.165) is 39.3 Å². The highest BCUT2D eigenvalue weighted by molar-refractivity contribution is 6.36. The number of benzene rings is 4. The zero-order chi connectivity index (χ0) is 27.4. The zero-order valence-corrected chi connectivity index (χ0v) is 22.5. The van der Waals surface area contributed by atoms with Crippen LogP contribution in [-0.2, 0) is 11.3 Å². The standard InChI is InChI=1S/C32H24Cl2N2O3/c1-39-32(38)25-9-4-22(5-10-25)19-36-20-30(28-16-13-26(33)18-29(28)34)35-31(36)17-6-21-2-7-23(8-3-21)24-11-14-27(37)15-12-24/h2-18,20,37H,19H2,1H3. The number of carbonyl (C=O) groups excluding carboxylic acids is 1. The van der Waals surface area contributed by atoms with Gasteiger partial charge in [-0.2, -0.15) is 0 Å². The maximum absolute atomic E-state index is 11.8. The second-order valence-electron chi connectivity index (χ2n) is 8.93. The van der Waals surface area contributed by atoms with Crippen molar-refractivity contribution in [1.82, 2.24) is 9.55 Å². The molecule has 0 aliphatic rings. The van der Waals surface area contributed by atoms with Gasteiger partial charge in [-0.05, 0) is 70.8 Å².